The average Bonchev–Trinajstić information content (AvgIpc) is 1.41. The molecular formula is AlKMgO12S3. The summed E-state index contributed by atoms with van der Waals surface area (Å²) in [5.41, 5.74) is 0. The van der Waals surface area contributed by atoms with E-state index >= 15 is 0 Å². The molecule has 0 aliphatic rings. The maximum atomic E-state index is 8.52. The standard InChI is InChI=1S/Al.K.Mg.3H2O4S/c;;;3*1-5(2,3)4/h;;;3*(H2,1,2,3,4)/q+3;+1;+2;;;/p-6. The van der Waals surface area contributed by atoms with Crippen LogP contribution < -0.4 is 51.4 Å². The third-order valence-corrected chi connectivity index (χ3v) is 0. The first kappa shape index (κ1) is 37.1. The smallest absolute Gasteiger partial charge is 0.759 e. The van der Waals surface area contributed by atoms with Crippen molar-refractivity contribution >= 4 is 71.6 Å². The first-order valence-electron chi connectivity index (χ1n) is 2.00. The molecular weight excluding hydrogens is 379 g/mol. The summed E-state index contributed by atoms with van der Waals surface area (Å²) in [6.07, 6.45) is 0. The summed E-state index contributed by atoms with van der Waals surface area (Å²) in [4.78, 5) is 0. The summed E-state index contributed by atoms with van der Waals surface area (Å²) >= 11 is 0. The van der Waals surface area contributed by atoms with E-state index in [1.165, 1.54) is 0 Å². The summed E-state index contributed by atoms with van der Waals surface area (Å²) in [6.45, 7) is 0. The van der Waals surface area contributed by atoms with E-state index in [-0.39, 0.29) is 91.8 Å². The van der Waals surface area contributed by atoms with Gasteiger partial charge in [0, 0.05) is 31.2 Å². The minimum atomic E-state index is -5.17. The van der Waals surface area contributed by atoms with Crippen molar-refractivity contribution in [3.63, 3.8) is 0 Å². The van der Waals surface area contributed by atoms with Crippen LogP contribution in [0.4, 0.5) is 0 Å². The Morgan fingerprint density at radius 1 is 0.500 bits per heavy atom. The van der Waals surface area contributed by atoms with Crippen LogP contribution in [-0.4, -0.2) is 93.0 Å². The fraction of sp³-hybridized carbons (Fsp3) is 0. The van der Waals surface area contributed by atoms with Crippen molar-refractivity contribution < 1.29 is 104 Å². The van der Waals surface area contributed by atoms with E-state index in [9.17, 15) is 0 Å². The van der Waals surface area contributed by atoms with Gasteiger partial charge in [0.05, 0.1) is 0 Å². The average molecular weight is 379 g/mol. The maximum Gasteiger partial charge on any atom is 3.00 e. The van der Waals surface area contributed by atoms with E-state index in [0.29, 0.717) is 0 Å². The zero-order valence-electron chi connectivity index (χ0n) is 8.41. The zero-order valence-corrected chi connectivity index (χ0v) is 16.5. The minimum absolute atomic E-state index is 0. The zero-order chi connectivity index (χ0) is 13.5. The van der Waals surface area contributed by atoms with Crippen molar-refractivity contribution in [2.24, 2.45) is 0 Å². The molecule has 0 aromatic rings. The van der Waals surface area contributed by atoms with Crippen LogP contribution in [0.2, 0.25) is 0 Å². The van der Waals surface area contributed by atoms with Crippen LogP contribution >= 0.6 is 0 Å². The van der Waals surface area contributed by atoms with Gasteiger partial charge >= 0.3 is 91.8 Å². The fourth-order valence-electron chi connectivity index (χ4n) is 0. The van der Waals surface area contributed by atoms with Gasteiger partial charge in [0.1, 0.15) is 0 Å². The van der Waals surface area contributed by atoms with E-state index < -0.39 is 31.2 Å². The second-order valence-corrected chi connectivity index (χ2v) is 3.67. The van der Waals surface area contributed by atoms with Gasteiger partial charge in [-0.25, -0.2) is 0 Å². The molecule has 0 radical (unpaired) electrons. The van der Waals surface area contributed by atoms with Gasteiger partial charge < -0.3 is 27.3 Å². The van der Waals surface area contributed by atoms with Gasteiger partial charge in [-0.05, 0) is 0 Å². The van der Waals surface area contributed by atoms with Gasteiger partial charge in [0.15, 0.2) is 0 Å². The first-order valence-corrected chi connectivity index (χ1v) is 6.00. The van der Waals surface area contributed by atoms with E-state index in [1.54, 1.807) is 0 Å². The Morgan fingerprint density at radius 3 is 0.500 bits per heavy atom. The molecule has 0 aromatic heterocycles. The quantitative estimate of drug-likeness (QED) is 0.217. The molecule has 18 heavy (non-hydrogen) atoms. The van der Waals surface area contributed by atoms with Gasteiger partial charge in [-0.15, -0.1) is 0 Å². The molecule has 0 heterocycles. The van der Waals surface area contributed by atoms with Crippen molar-refractivity contribution in [1.29, 1.82) is 0 Å². The molecule has 18 heteroatoms. The Kier molecular flexibility index (Phi) is 32.8. The molecule has 96 valence electrons. The molecule has 0 rings (SSSR count). The Morgan fingerprint density at radius 2 is 0.500 bits per heavy atom. The number of hydrogen-bond donors (Lipinski definition) is 0. The number of rotatable bonds is 0. The molecule has 0 N–H and O–H groups in total. The Labute approximate surface area is 172 Å². The summed E-state index contributed by atoms with van der Waals surface area (Å²) in [5.74, 6) is 0. The van der Waals surface area contributed by atoms with Crippen LogP contribution in [0.5, 0.6) is 0 Å². The van der Waals surface area contributed by atoms with Gasteiger partial charge in [-0.2, -0.15) is 0 Å². The van der Waals surface area contributed by atoms with Crippen molar-refractivity contribution in [2.45, 2.75) is 0 Å². The van der Waals surface area contributed by atoms with Crippen LogP contribution in [0.25, 0.3) is 0 Å². The molecule has 12 nitrogen and oxygen atoms in total. The van der Waals surface area contributed by atoms with Crippen molar-refractivity contribution in [3.05, 3.63) is 0 Å². The Balaban J connectivity index is -0.0000000277. The molecule has 0 saturated heterocycles. The van der Waals surface area contributed by atoms with Gasteiger partial charge in [0.2, 0.25) is 0 Å². The molecule has 0 unspecified atom stereocenters. The molecule has 0 amide bonds. The molecule has 0 spiro atoms. The minimum Gasteiger partial charge on any atom is -0.759 e. The second-order valence-electron chi connectivity index (χ2n) is 1.22. The molecule has 0 atom stereocenters. The Hall–Kier alpha value is 2.55. The van der Waals surface area contributed by atoms with Gasteiger partial charge in [0.25, 0.3) is 0 Å². The summed E-state index contributed by atoms with van der Waals surface area (Å²) < 4.78 is 102. The van der Waals surface area contributed by atoms with Crippen LogP contribution in [0.1, 0.15) is 0 Å². The van der Waals surface area contributed by atoms with Crippen molar-refractivity contribution in [2.75, 3.05) is 0 Å². The van der Waals surface area contributed by atoms with E-state index in [1.807, 2.05) is 0 Å². The van der Waals surface area contributed by atoms with Crippen LogP contribution in [0.3, 0.4) is 0 Å². The first-order chi connectivity index (χ1) is 6.00. The van der Waals surface area contributed by atoms with Crippen molar-refractivity contribution in [1.82, 2.24) is 0 Å². The third-order valence-electron chi connectivity index (χ3n) is 0. The molecule has 0 aliphatic heterocycles. The van der Waals surface area contributed by atoms with Crippen molar-refractivity contribution in [3.8, 4) is 0 Å². The van der Waals surface area contributed by atoms with E-state index in [0.717, 1.165) is 0 Å². The van der Waals surface area contributed by atoms with Crippen LogP contribution in [0.15, 0.2) is 0 Å². The fourth-order valence-corrected chi connectivity index (χ4v) is 0. The van der Waals surface area contributed by atoms with E-state index in [2.05, 4.69) is 0 Å². The summed E-state index contributed by atoms with van der Waals surface area (Å²) in [5, 5.41) is 0. The predicted molar refractivity (Wildman–Crippen MR) is 42.9 cm³/mol. The summed E-state index contributed by atoms with van der Waals surface area (Å²) in [6, 6.07) is 0. The SMILES string of the molecule is O=S(=O)([O-])[O-].O=S(=O)([O-])[O-].O=S(=O)([O-])[O-].[Al+3].[K+].[Mg+2]. The largest absolute Gasteiger partial charge is 3.00 e. The summed E-state index contributed by atoms with van der Waals surface area (Å²) in [7, 11) is -15.5. The Bertz CT molecular complexity index is 348. The monoisotopic (exact) mass is 378 g/mol. The van der Waals surface area contributed by atoms with Gasteiger partial charge in [-0.1, -0.05) is 0 Å². The molecule has 0 fully saturated rings. The predicted octanol–water partition coefficient (Wildman–Crippen LogP) is -7.77. The normalized spacial score (nSPS) is 9.67. The van der Waals surface area contributed by atoms with Crippen LogP contribution in [0, 0.1) is 0 Å². The maximum absolute atomic E-state index is 8.52. The molecule has 0 aromatic carbocycles. The molecule has 0 bridgehead atoms. The topological polar surface area (TPSA) is 241 Å². The van der Waals surface area contributed by atoms with Crippen LogP contribution in [-0.2, 0) is 31.2 Å². The second kappa shape index (κ2) is 15.9. The molecule has 0 saturated carbocycles. The molecule has 0 aliphatic carbocycles. The van der Waals surface area contributed by atoms with E-state index in [4.69, 9.17) is 52.6 Å². The third kappa shape index (κ3) is 881. The van der Waals surface area contributed by atoms with Gasteiger partial charge in [-0.3, -0.25) is 25.3 Å². The number of hydrogen-bond acceptors (Lipinski definition) is 12.